The van der Waals surface area contributed by atoms with Crippen LogP contribution in [0.25, 0.3) is 0 Å². The van der Waals surface area contributed by atoms with Crippen LogP contribution in [0, 0.1) is 0 Å². The maximum absolute atomic E-state index is 11.9. The van der Waals surface area contributed by atoms with Gasteiger partial charge in [-0.15, -0.1) is 0 Å². The van der Waals surface area contributed by atoms with Gasteiger partial charge >= 0.3 is 6.03 Å². The van der Waals surface area contributed by atoms with Crippen LogP contribution in [0.2, 0.25) is 0 Å². The molecule has 1 heterocycles. The van der Waals surface area contributed by atoms with E-state index >= 15 is 0 Å². The van der Waals surface area contributed by atoms with Crippen LogP contribution in [0.3, 0.4) is 0 Å². The molecule has 0 atom stereocenters. The zero-order valence-electron chi connectivity index (χ0n) is 11.5. The first kappa shape index (κ1) is 14.0. The Hall–Kier alpha value is -2.37. The number of rotatable bonds is 4. The van der Waals surface area contributed by atoms with Gasteiger partial charge in [0.2, 0.25) is 5.91 Å². The number of urea groups is 1. The molecule has 0 bridgehead atoms. The first-order valence-electron chi connectivity index (χ1n) is 6.39. The minimum absolute atomic E-state index is 0.0735. The lowest BCUT2D eigenvalue weighted by Gasteiger charge is -2.15. The Kier molecular flexibility index (Phi) is 3.74. The lowest BCUT2D eigenvalue weighted by Crippen LogP contribution is -2.40. The van der Waals surface area contributed by atoms with Crippen LogP contribution in [-0.4, -0.2) is 34.8 Å². The summed E-state index contributed by atoms with van der Waals surface area (Å²) in [6, 6.07) is 8.58. The Morgan fingerprint density at radius 2 is 1.90 bits per heavy atom. The van der Waals surface area contributed by atoms with Crippen LogP contribution in [-0.2, 0) is 9.59 Å². The number of nitrogens with zero attached hydrogens (tertiary/aromatic N) is 1. The maximum Gasteiger partial charge on any atom is 0.325 e. The average molecular weight is 275 g/mol. The third-order valence-corrected chi connectivity index (χ3v) is 3.06. The molecule has 0 radical (unpaired) electrons. The summed E-state index contributed by atoms with van der Waals surface area (Å²) in [5, 5.41) is 5.28. The topological polar surface area (TPSA) is 78.5 Å². The zero-order valence-corrected chi connectivity index (χ0v) is 11.5. The van der Waals surface area contributed by atoms with E-state index in [1.54, 1.807) is 26.0 Å². The van der Waals surface area contributed by atoms with Crippen molar-refractivity contribution in [2.24, 2.45) is 0 Å². The molecule has 2 rings (SSSR count). The van der Waals surface area contributed by atoms with E-state index in [-0.39, 0.29) is 24.8 Å². The predicted molar refractivity (Wildman–Crippen MR) is 74.0 cm³/mol. The molecule has 6 nitrogen and oxygen atoms in total. The summed E-state index contributed by atoms with van der Waals surface area (Å²) in [5.41, 5.74) is -0.206. The number of benzene rings is 1. The van der Waals surface area contributed by atoms with Gasteiger partial charge in [0.15, 0.2) is 0 Å². The standard InChI is InChI=1S/C14H17N3O3/c1-14(2)12(19)17(13(20)16-14)9-8-11(18)15-10-6-4-3-5-7-10/h3-7H,8-9H2,1-2H3,(H,15,18)(H,16,20). The first-order chi connectivity index (χ1) is 9.40. The second kappa shape index (κ2) is 5.32. The number of para-hydroxylation sites is 1. The van der Waals surface area contributed by atoms with Crippen LogP contribution < -0.4 is 10.6 Å². The van der Waals surface area contributed by atoms with E-state index in [0.29, 0.717) is 5.69 Å². The highest BCUT2D eigenvalue weighted by atomic mass is 16.2. The summed E-state index contributed by atoms with van der Waals surface area (Å²) in [6.07, 6.45) is 0.0735. The fraction of sp³-hybridized carbons (Fsp3) is 0.357. The molecule has 1 aliphatic rings. The van der Waals surface area contributed by atoms with E-state index in [4.69, 9.17) is 0 Å². The fourth-order valence-corrected chi connectivity index (χ4v) is 1.98. The Bertz CT molecular complexity index is 540. The number of carbonyl (C=O) groups excluding carboxylic acids is 3. The predicted octanol–water partition coefficient (Wildman–Crippen LogP) is 1.35. The van der Waals surface area contributed by atoms with Gasteiger partial charge in [-0.05, 0) is 26.0 Å². The van der Waals surface area contributed by atoms with E-state index in [1.807, 2.05) is 18.2 Å². The molecule has 0 saturated carbocycles. The van der Waals surface area contributed by atoms with Gasteiger partial charge in [0.25, 0.3) is 5.91 Å². The lowest BCUT2D eigenvalue weighted by atomic mass is 10.1. The molecule has 106 valence electrons. The highest BCUT2D eigenvalue weighted by Gasteiger charge is 2.43. The number of imide groups is 1. The Morgan fingerprint density at radius 3 is 2.45 bits per heavy atom. The summed E-state index contributed by atoms with van der Waals surface area (Å²) in [5.74, 6) is -0.545. The summed E-state index contributed by atoms with van der Waals surface area (Å²) < 4.78 is 0. The van der Waals surface area contributed by atoms with Crippen LogP contribution in [0.5, 0.6) is 0 Å². The van der Waals surface area contributed by atoms with E-state index in [9.17, 15) is 14.4 Å². The molecule has 1 saturated heterocycles. The highest BCUT2D eigenvalue weighted by molar-refractivity contribution is 6.06. The molecular weight excluding hydrogens is 258 g/mol. The molecule has 20 heavy (non-hydrogen) atoms. The lowest BCUT2D eigenvalue weighted by molar-refractivity contribution is -0.130. The van der Waals surface area contributed by atoms with Gasteiger partial charge in [-0.1, -0.05) is 18.2 Å². The average Bonchev–Trinajstić information content (AvgIpc) is 2.58. The smallest absolute Gasteiger partial charge is 0.325 e. The minimum atomic E-state index is -0.896. The first-order valence-corrected chi connectivity index (χ1v) is 6.39. The molecule has 0 unspecified atom stereocenters. The van der Waals surface area contributed by atoms with Crippen molar-refractivity contribution in [3.05, 3.63) is 30.3 Å². The molecule has 2 N–H and O–H groups in total. The largest absolute Gasteiger partial charge is 0.326 e. The van der Waals surface area contributed by atoms with E-state index in [1.165, 1.54) is 0 Å². The third-order valence-electron chi connectivity index (χ3n) is 3.06. The number of anilines is 1. The van der Waals surface area contributed by atoms with Gasteiger partial charge in [-0.3, -0.25) is 14.5 Å². The molecule has 0 spiro atoms. The maximum atomic E-state index is 11.9. The molecule has 1 aromatic carbocycles. The van der Waals surface area contributed by atoms with Gasteiger partial charge in [-0.2, -0.15) is 0 Å². The summed E-state index contributed by atoms with van der Waals surface area (Å²) in [7, 11) is 0. The monoisotopic (exact) mass is 275 g/mol. The van der Waals surface area contributed by atoms with Gasteiger partial charge < -0.3 is 10.6 Å². The van der Waals surface area contributed by atoms with Crippen molar-refractivity contribution in [3.63, 3.8) is 0 Å². The third kappa shape index (κ3) is 2.96. The molecule has 0 aromatic heterocycles. The van der Waals surface area contributed by atoms with Crippen LogP contribution >= 0.6 is 0 Å². The van der Waals surface area contributed by atoms with E-state index in [0.717, 1.165) is 4.90 Å². The van der Waals surface area contributed by atoms with Gasteiger partial charge in [0, 0.05) is 18.7 Å². The van der Waals surface area contributed by atoms with Crippen molar-refractivity contribution in [2.45, 2.75) is 25.8 Å². The van der Waals surface area contributed by atoms with Crippen molar-refractivity contribution < 1.29 is 14.4 Å². The van der Waals surface area contributed by atoms with Crippen molar-refractivity contribution in [1.29, 1.82) is 0 Å². The molecule has 4 amide bonds. The summed E-state index contributed by atoms with van der Waals surface area (Å²) in [4.78, 5) is 36.4. The van der Waals surface area contributed by atoms with Gasteiger partial charge in [-0.25, -0.2) is 4.79 Å². The fourth-order valence-electron chi connectivity index (χ4n) is 1.98. The zero-order chi connectivity index (χ0) is 14.8. The normalized spacial score (nSPS) is 17.0. The Labute approximate surface area is 117 Å². The molecule has 6 heteroatoms. The van der Waals surface area contributed by atoms with Gasteiger partial charge in [0.1, 0.15) is 5.54 Å². The Balaban J connectivity index is 1.88. The number of carbonyl (C=O) groups is 3. The molecule has 1 aliphatic heterocycles. The molecule has 1 aromatic rings. The van der Waals surface area contributed by atoms with Crippen LogP contribution in [0.4, 0.5) is 10.5 Å². The summed E-state index contributed by atoms with van der Waals surface area (Å²) in [6.45, 7) is 3.35. The number of nitrogens with one attached hydrogen (secondary N) is 2. The van der Waals surface area contributed by atoms with Crippen molar-refractivity contribution >= 4 is 23.5 Å². The second-order valence-electron chi connectivity index (χ2n) is 5.18. The molecular formula is C14H17N3O3. The molecule has 1 fully saturated rings. The number of amides is 4. The summed E-state index contributed by atoms with van der Waals surface area (Å²) >= 11 is 0. The van der Waals surface area contributed by atoms with Crippen molar-refractivity contribution in [2.75, 3.05) is 11.9 Å². The van der Waals surface area contributed by atoms with Crippen LogP contribution in [0.1, 0.15) is 20.3 Å². The number of hydrogen-bond acceptors (Lipinski definition) is 3. The highest BCUT2D eigenvalue weighted by Crippen LogP contribution is 2.16. The van der Waals surface area contributed by atoms with Crippen molar-refractivity contribution in [3.8, 4) is 0 Å². The quantitative estimate of drug-likeness (QED) is 0.814. The number of hydrogen-bond donors (Lipinski definition) is 2. The Morgan fingerprint density at radius 1 is 1.25 bits per heavy atom. The van der Waals surface area contributed by atoms with E-state index in [2.05, 4.69) is 10.6 Å². The second-order valence-corrected chi connectivity index (χ2v) is 5.18. The van der Waals surface area contributed by atoms with Crippen molar-refractivity contribution in [1.82, 2.24) is 10.2 Å². The van der Waals surface area contributed by atoms with Crippen LogP contribution in [0.15, 0.2) is 30.3 Å². The minimum Gasteiger partial charge on any atom is -0.326 e. The SMILES string of the molecule is CC1(C)NC(=O)N(CCC(=O)Nc2ccccc2)C1=O. The van der Waals surface area contributed by atoms with E-state index < -0.39 is 11.6 Å². The molecule has 0 aliphatic carbocycles. The van der Waals surface area contributed by atoms with Gasteiger partial charge in [0.05, 0.1) is 0 Å².